The third-order valence-electron chi connectivity index (χ3n) is 1.95. The van der Waals surface area contributed by atoms with Gasteiger partial charge in [-0.3, -0.25) is 0 Å². The summed E-state index contributed by atoms with van der Waals surface area (Å²) in [6, 6.07) is 6.77. The van der Waals surface area contributed by atoms with Crippen LogP contribution in [0.1, 0.15) is 18.1 Å². The second-order valence-electron chi connectivity index (χ2n) is 2.67. The molecule has 0 N–H and O–H groups in total. The molecule has 1 aromatic carbocycles. The molecule has 1 saturated heterocycles. The molecule has 11 heavy (non-hydrogen) atoms. The molecule has 1 heterocycles. The maximum atomic E-state index is 13.0. The van der Waals surface area contributed by atoms with Crippen LogP contribution in [0, 0.1) is 5.82 Å². The van der Waals surface area contributed by atoms with Gasteiger partial charge in [-0.2, -0.15) is 0 Å². The fraction of sp³-hybridized carbons (Fsp3) is 0.333. The van der Waals surface area contributed by atoms with E-state index in [1.165, 1.54) is 6.07 Å². The van der Waals surface area contributed by atoms with E-state index in [4.69, 9.17) is 4.74 Å². The zero-order valence-corrected chi connectivity index (χ0v) is 6.09. The van der Waals surface area contributed by atoms with E-state index in [0.29, 0.717) is 5.56 Å². The van der Waals surface area contributed by atoms with Gasteiger partial charge < -0.3 is 4.74 Å². The van der Waals surface area contributed by atoms with Gasteiger partial charge in [0.1, 0.15) is 5.82 Å². The van der Waals surface area contributed by atoms with Crippen LogP contribution in [0.4, 0.5) is 4.39 Å². The molecule has 2 rings (SSSR count). The van der Waals surface area contributed by atoms with Crippen molar-refractivity contribution in [2.24, 2.45) is 0 Å². The van der Waals surface area contributed by atoms with Gasteiger partial charge in [-0.05, 0) is 6.07 Å². The van der Waals surface area contributed by atoms with Crippen LogP contribution in [0.25, 0.3) is 0 Å². The zero-order chi connectivity index (χ0) is 7.68. The molecule has 0 bridgehead atoms. The van der Waals surface area contributed by atoms with Crippen LogP contribution in [0.2, 0.25) is 0 Å². The van der Waals surface area contributed by atoms with Gasteiger partial charge in [0.2, 0.25) is 0 Å². The Morgan fingerprint density at radius 2 is 2.09 bits per heavy atom. The molecule has 0 saturated carbocycles. The number of benzene rings is 1. The second-order valence-corrected chi connectivity index (χ2v) is 2.67. The molecule has 58 valence electrons. The van der Waals surface area contributed by atoms with E-state index in [2.05, 4.69) is 0 Å². The number of rotatable bonds is 1. The lowest BCUT2D eigenvalue weighted by molar-refractivity contribution is -0.0545. The first-order valence-corrected chi connectivity index (χ1v) is 3.74. The Labute approximate surface area is 64.8 Å². The van der Waals surface area contributed by atoms with Crippen molar-refractivity contribution in [2.45, 2.75) is 12.5 Å². The van der Waals surface area contributed by atoms with Crippen molar-refractivity contribution >= 4 is 0 Å². The Bertz CT molecular complexity index is 255. The van der Waals surface area contributed by atoms with Crippen molar-refractivity contribution in [1.82, 2.24) is 0 Å². The molecule has 1 nitrogen and oxygen atoms in total. The van der Waals surface area contributed by atoms with Crippen molar-refractivity contribution in [3.8, 4) is 0 Å². The van der Waals surface area contributed by atoms with E-state index in [1.54, 1.807) is 12.1 Å². The SMILES string of the molecule is Fc1ccccc1C1CCO1. The first-order chi connectivity index (χ1) is 5.38. The van der Waals surface area contributed by atoms with Crippen molar-refractivity contribution in [3.05, 3.63) is 35.6 Å². The van der Waals surface area contributed by atoms with Crippen LogP contribution in [0.15, 0.2) is 24.3 Å². The van der Waals surface area contributed by atoms with Gasteiger partial charge in [0.05, 0.1) is 12.7 Å². The smallest absolute Gasteiger partial charge is 0.129 e. The van der Waals surface area contributed by atoms with E-state index < -0.39 is 0 Å². The van der Waals surface area contributed by atoms with Crippen LogP contribution in [-0.2, 0) is 4.74 Å². The maximum Gasteiger partial charge on any atom is 0.129 e. The van der Waals surface area contributed by atoms with Crippen LogP contribution in [0.5, 0.6) is 0 Å². The third kappa shape index (κ3) is 1.14. The average molecular weight is 152 g/mol. The molecule has 0 radical (unpaired) electrons. The quantitative estimate of drug-likeness (QED) is 0.599. The summed E-state index contributed by atoms with van der Waals surface area (Å²) in [5.41, 5.74) is 0.693. The average Bonchev–Trinajstić information content (AvgIpc) is 1.90. The highest BCUT2D eigenvalue weighted by Crippen LogP contribution is 2.30. The summed E-state index contributed by atoms with van der Waals surface area (Å²) >= 11 is 0. The summed E-state index contributed by atoms with van der Waals surface area (Å²) in [7, 11) is 0. The molecule has 0 spiro atoms. The molecule has 0 amide bonds. The van der Waals surface area contributed by atoms with Crippen molar-refractivity contribution < 1.29 is 9.13 Å². The summed E-state index contributed by atoms with van der Waals surface area (Å²) < 4.78 is 18.1. The van der Waals surface area contributed by atoms with E-state index in [1.807, 2.05) is 6.07 Å². The molecule has 1 unspecified atom stereocenters. The molecule has 1 atom stereocenters. The number of halogens is 1. The van der Waals surface area contributed by atoms with Gasteiger partial charge >= 0.3 is 0 Å². The summed E-state index contributed by atoms with van der Waals surface area (Å²) in [5, 5.41) is 0. The molecule has 1 fully saturated rings. The van der Waals surface area contributed by atoms with Crippen LogP contribution in [0.3, 0.4) is 0 Å². The number of hydrogen-bond donors (Lipinski definition) is 0. The third-order valence-corrected chi connectivity index (χ3v) is 1.95. The Kier molecular flexibility index (Phi) is 1.62. The maximum absolute atomic E-state index is 13.0. The Morgan fingerprint density at radius 1 is 1.36 bits per heavy atom. The van der Waals surface area contributed by atoms with Gasteiger partial charge in [0, 0.05) is 12.0 Å². The highest BCUT2D eigenvalue weighted by atomic mass is 19.1. The lowest BCUT2D eigenvalue weighted by atomic mass is 10.0. The van der Waals surface area contributed by atoms with E-state index in [0.717, 1.165) is 13.0 Å². The molecule has 1 aromatic rings. The van der Waals surface area contributed by atoms with E-state index in [-0.39, 0.29) is 11.9 Å². The second kappa shape index (κ2) is 2.62. The molecule has 0 aliphatic carbocycles. The lowest BCUT2D eigenvalue weighted by Crippen LogP contribution is -2.19. The van der Waals surface area contributed by atoms with Crippen LogP contribution >= 0.6 is 0 Å². The molecular formula is C9H9FO. The standard InChI is InChI=1S/C9H9FO/c10-8-4-2-1-3-7(8)9-5-6-11-9/h1-4,9H,5-6H2. The van der Waals surface area contributed by atoms with Gasteiger partial charge in [-0.15, -0.1) is 0 Å². The number of hydrogen-bond acceptors (Lipinski definition) is 1. The fourth-order valence-electron chi connectivity index (χ4n) is 1.22. The monoisotopic (exact) mass is 152 g/mol. The normalized spacial score (nSPS) is 22.8. The summed E-state index contributed by atoms with van der Waals surface area (Å²) in [5.74, 6) is -0.155. The highest BCUT2D eigenvalue weighted by Gasteiger charge is 2.22. The summed E-state index contributed by atoms with van der Waals surface area (Å²) in [6.45, 7) is 0.763. The Hall–Kier alpha value is -0.890. The molecule has 0 aromatic heterocycles. The lowest BCUT2D eigenvalue weighted by Gasteiger charge is -2.26. The minimum absolute atomic E-state index is 0.0104. The fourth-order valence-corrected chi connectivity index (χ4v) is 1.22. The van der Waals surface area contributed by atoms with Crippen LogP contribution < -0.4 is 0 Å². The van der Waals surface area contributed by atoms with Crippen LogP contribution in [-0.4, -0.2) is 6.61 Å². The van der Waals surface area contributed by atoms with E-state index >= 15 is 0 Å². The van der Waals surface area contributed by atoms with Gasteiger partial charge in [0.25, 0.3) is 0 Å². The predicted octanol–water partition coefficient (Wildman–Crippen LogP) is 2.29. The molecule has 2 heteroatoms. The van der Waals surface area contributed by atoms with E-state index in [9.17, 15) is 4.39 Å². The first-order valence-electron chi connectivity index (χ1n) is 3.74. The molecule has 1 aliphatic rings. The van der Waals surface area contributed by atoms with Gasteiger partial charge in [-0.1, -0.05) is 18.2 Å². The Balaban J connectivity index is 2.28. The summed E-state index contributed by atoms with van der Waals surface area (Å²) in [6.07, 6.45) is 0.956. The van der Waals surface area contributed by atoms with Crippen molar-refractivity contribution in [3.63, 3.8) is 0 Å². The first kappa shape index (κ1) is 6.80. The summed E-state index contributed by atoms with van der Waals surface area (Å²) in [4.78, 5) is 0. The zero-order valence-electron chi connectivity index (χ0n) is 6.09. The topological polar surface area (TPSA) is 9.23 Å². The Morgan fingerprint density at radius 3 is 2.64 bits per heavy atom. The number of ether oxygens (including phenoxy) is 1. The molecule has 1 aliphatic heterocycles. The van der Waals surface area contributed by atoms with Crippen molar-refractivity contribution in [2.75, 3.05) is 6.61 Å². The minimum Gasteiger partial charge on any atom is -0.373 e. The van der Waals surface area contributed by atoms with Gasteiger partial charge in [-0.25, -0.2) is 4.39 Å². The molecular weight excluding hydrogens is 143 g/mol. The highest BCUT2D eigenvalue weighted by molar-refractivity contribution is 5.20. The van der Waals surface area contributed by atoms with Gasteiger partial charge in [0.15, 0.2) is 0 Å². The van der Waals surface area contributed by atoms with Crippen molar-refractivity contribution in [1.29, 1.82) is 0 Å². The minimum atomic E-state index is -0.155. The largest absolute Gasteiger partial charge is 0.373 e. The predicted molar refractivity (Wildman–Crippen MR) is 39.7 cm³/mol.